The van der Waals surface area contributed by atoms with Crippen LogP contribution in [0.2, 0.25) is 0 Å². The highest BCUT2D eigenvalue weighted by molar-refractivity contribution is 7.25. The van der Waals surface area contributed by atoms with Gasteiger partial charge in [-0.05, 0) is 9.05 Å². The molecule has 0 aliphatic heterocycles. The van der Waals surface area contributed by atoms with E-state index in [0.29, 0.717) is 0 Å². The van der Waals surface area contributed by atoms with Crippen LogP contribution in [0.1, 0.15) is 0 Å². The predicted molar refractivity (Wildman–Crippen MR) is 12.7 cm³/mol. The van der Waals surface area contributed by atoms with Crippen molar-refractivity contribution in [2.75, 3.05) is 0 Å². The van der Waals surface area contributed by atoms with Gasteiger partial charge in [0.25, 0.3) is 0 Å². The topological polar surface area (TPSA) is 18.5 Å². The van der Waals surface area contributed by atoms with E-state index in [0.717, 1.165) is 0 Å². The summed E-state index contributed by atoms with van der Waals surface area (Å²) in [4.78, 5) is 0. The highest BCUT2D eigenvalue weighted by atomic mass is 31.1. The molecular formula is HF2O2P. The third-order valence-corrected chi connectivity index (χ3v) is 0.189. The molecule has 0 aliphatic carbocycles. The number of halogens is 2. The summed E-state index contributed by atoms with van der Waals surface area (Å²) >= 11 is 0. The Morgan fingerprint density at radius 2 is 1.60 bits per heavy atom. The number of hydrogen-bond acceptors (Lipinski definition) is 2. The Morgan fingerprint density at radius 3 is 1.60 bits per heavy atom. The molecule has 0 aliphatic rings. The summed E-state index contributed by atoms with van der Waals surface area (Å²) in [5, 5.41) is 0. The third kappa shape index (κ3) is 4.21. The fraction of sp³-hybridized carbons (Fsp3) is 0. The van der Waals surface area contributed by atoms with Crippen LogP contribution in [0.4, 0.5) is 9.05 Å². The second-order valence-electron chi connectivity index (χ2n) is 0.238. The highest BCUT2D eigenvalue weighted by Gasteiger charge is 1.75. The monoisotopic (exact) mass is 102 g/mol. The summed E-state index contributed by atoms with van der Waals surface area (Å²) in [6.07, 6.45) is 0. The minimum Gasteiger partial charge on any atom is -0.143 e. The van der Waals surface area contributed by atoms with Crippen LogP contribution in [0.5, 0.6) is 0 Å². The summed E-state index contributed by atoms with van der Waals surface area (Å²) in [6, 6.07) is 0. The minimum absolute atomic E-state index is 1.14. The third-order valence-electron chi connectivity index (χ3n) is 0.0630. The molecule has 0 fully saturated rings. The van der Waals surface area contributed by atoms with Gasteiger partial charge in [0, 0.05) is 0 Å². The molecule has 0 bridgehead atoms. The molecule has 0 N–H and O–H groups in total. The first-order chi connectivity index (χ1) is 2.41. The van der Waals surface area contributed by atoms with Crippen LogP contribution in [0.15, 0.2) is 0 Å². The Kier molecular flexibility index (Phi) is 4.39. The lowest BCUT2D eigenvalue weighted by Gasteiger charge is -1.74. The van der Waals surface area contributed by atoms with Crippen molar-refractivity contribution in [3.05, 3.63) is 0 Å². The molecule has 0 saturated carbocycles. The van der Waals surface area contributed by atoms with Crippen molar-refractivity contribution in [3.8, 4) is 0 Å². The molecule has 5 heavy (non-hydrogen) atoms. The van der Waals surface area contributed by atoms with Crippen molar-refractivity contribution in [1.29, 1.82) is 0 Å². The molecule has 0 unspecified atom stereocenters. The first-order valence-electron chi connectivity index (χ1n) is 0.717. The Hall–Kier alpha value is 0.210. The molecule has 32 valence electrons. The van der Waals surface area contributed by atoms with Crippen molar-refractivity contribution < 1.29 is 18.5 Å². The number of hydrogen-bond donors (Lipinski definition) is 0. The van der Waals surface area contributed by atoms with E-state index in [-0.39, 0.29) is 0 Å². The van der Waals surface area contributed by atoms with Gasteiger partial charge in [0.05, 0.1) is 0 Å². The van der Waals surface area contributed by atoms with Crippen LogP contribution < -0.4 is 0 Å². The van der Waals surface area contributed by atoms with Crippen LogP contribution in [0.3, 0.4) is 0 Å². The first-order valence-corrected chi connectivity index (χ1v) is 1.53. The lowest BCUT2D eigenvalue weighted by Crippen LogP contribution is -1.46. The maximum atomic E-state index is 10.1. The van der Waals surface area contributed by atoms with Crippen molar-refractivity contribution in [2.24, 2.45) is 0 Å². The normalized spacial score (nSPS) is 8.40. The summed E-state index contributed by atoms with van der Waals surface area (Å²) < 4.78 is 25.5. The van der Waals surface area contributed by atoms with E-state index in [2.05, 4.69) is 9.46 Å². The van der Waals surface area contributed by atoms with Crippen molar-refractivity contribution in [2.45, 2.75) is 0 Å². The van der Waals surface area contributed by atoms with Crippen molar-refractivity contribution in [1.82, 2.24) is 0 Å². The van der Waals surface area contributed by atoms with E-state index in [1.165, 1.54) is 0 Å². The van der Waals surface area contributed by atoms with Gasteiger partial charge < -0.3 is 0 Å². The van der Waals surface area contributed by atoms with Gasteiger partial charge in [-0.1, -0.05) is 0 Å². The van der Waals surface area contributed by atoms with Gasteiger partial charge in [-0.2, -0.15) is 0 Å². The Labute approximate surface area is 28.8 Å². The van der Waals surface area contributed by atoms with Crippen LogP contribution in [-0.4, -0.2) is 0 Å². The smallest absolute Gasteiger partial charge is 0.143 e. The second kappa shape index (κ2) is 4.21. The standard InChI is InChI=1S/F2HO2P/c1-3-5-4-2/h5H. The summed E-state index contributed by atoms with van der Waals surface area (Å²) in [5.74, 6) is 0. The zero-order chi connectivity index (χ0) is 4.12. The van der Waals surface area contributed by atoms with Gasteiger partial charge in [0.15, 0.2) is 0 Å². The Bertz CT molecular complexity index is 15.1. The van der Waals surface area contributed by atoms with E-state index in [1.807, 2.05) is 0 Å². The fourth-order valence-corrected chi connectivity index (χ4v) is 0.0357. The molecular weight excluding hydrogens is 101 g/mol. The summed E-state index contributed by atoms with van der Waals surface area (Å²) in [7, 11) is -1.14. The Morgan fingerprint density at radius 1 is 1.20 bits per heavy atom. The van der Waals surface area contributed by atoms with Gasteiger partial charge in [-0.25, -0.2) is 0 Å². The van der Waals surface area contributed by atoms with E-state index >= 15 is 0 Å². The SMILES string of the molecule is FOPOF. The van der Waals surface area contributed by atoms with E-state index in [1.54, 1.807) is 0 Å². The lowest BCUT2D eigenvalue weighted by atomic mass is 15.6. The lowest BCUT2D eigenvalue weighted by molar-refractivity contribution is -0.0584. The molecule has 0 amide bonds. The first kappa shape index (κ1) is 5.21. The average Bonchev–Trinajstić information content (AvgIpc) is 1.41. The van der Waals surface area contributed by atoms with E-state index in [4.69, 9.17) is 0 Å². The van der Waals surface area contributed by atoms with Crippen molar-refractivity contribution >= 4 is 9.03 Å². The maximum absolute atomic E-state index is 10.1. The summed E-state index contributed by atoms with van der Waals surface area (Å²) in [6.45, 7) is 0. The van der Waals surface area contributed by atoms with Crippen LogP contribution >= 0.6 is 9.03 Å². The molecule has 0 aromatic carbocycles. The zero-order valence-corrected chi connectivity index (χ0v) is 3.07. The fourth-order valence-electron chi connectivity index (χ4n) is 0.0119. The average molecular weight is 102 g/mol. The van der Waals surface area contributed by atoms with Gasteiger partial charge in [-0.3, -0.25) is 0 Å². The molecule has 0 aromatic rings. The second-order valence-corrected chi connectivity index (χ2v) is 0.713. The predicted octanol–water partition coefficient (Wildman–Crippen LogP) is 1.30. The van der Waals surface area contributed by atoms with Crippen LogP contribution in [-0.2, 0) is 9.46 Å². The quantitative estimate of drug-likeness (QED) is 0.489. The molecule has 0 spiro atoms. The molecule has 0 atom stereocenters. The molecule has 2 nitrogen and oxygen atoms in total. The van der Waals surface area contributed by atoms with E-state index in [9.17, 15) is 9.05 Å². The maximum Gasteiger partial charge on any atom is 0.244 e. The van der Waals surface area contributed by atoms with Gasteiger partial charge in [0.2, 0.25) is 9.03 Å². The molecule has 0 heterocycles. The largest absolute Gasteiger partial charge is 0.244 e. The summed E-state index contributed by atoms with van der Waals surface area (Å²) in [5.41, 5.74) is 0. The van der Waals surface area contributed by atoms with Gasteiger partial charge >= 0.3 is 0 Å². The molecule has 5 heteroatoms. The minimum atomic E-state index is -1.14. The molecule has 0 rings (SSSR count). The van der Waals surface area contributed by atoms with Gasteiger partial charge in [-0.15, -0.1) is 9.46 Å². The molecule has 0 radical (unpaired) electrons. The zero-order valence-electron chi connectivity index (χ0n) is 2.07. The van der Waals surface area contributed by atoms with Crippen LogP contribution in [0, 0.1) is 0 Å². The Balaban J connectivity index is 2.19. The van der Waals surface area contributed by atoms with Crippen molar-refractivity contribution in [3.63, 3.8) is 0 Å². The van der Waals surface area contributed by atoms with Gasteiger partial charge in [0.1, 0.15) is 0 Å². The molecule has 0 aromatic heterocycles. The van der Waals surface area contributed by atoms with E-state index < -0.39 is 9.03 Å². The number of rotatable bonds is 2. The highest BCUT2D eigenvalue weighted by Crippen LogP contribution is 2.12. The van der Waals surface area contributed by atoms with Crippen LogP contribution in [0.25, 0.3) is 0 Å². The molecule has 0 saturated heterocycles.